The minimum atomic E-state index is -0.395. The third-order valence-corrected chi connectivity index (χ3v) is 3.49. The number of aliphatic hydroxyl groups is 1. The lowest BCUT2D eigenvalue weighted by molar-refractivity contribution is -0.113. The molecular weight excluding hydrogens is 238 g/mol. The molecule has 0 bridgehead atoms. The molecule has 0 fully saturated rings. The lowest BCUT2D eigenvalue weighted by Crippen LogP contribution is -2.24. The highest BCUT2D eigenvalue weighted by Gasteiger charge is 2.16. The van der Waals surface area contributed by atoms with Crippen LogP contribution >= 0.6 is 0 Å². The Balaban J connectivity index is 1.96. The van der Waals surface area contributed by atoms with E-state index < -0.39 is 6.10 Å². The number of carbonyl (C=O) groups excluding carboxylic acids is 1. The molecule has 3 nitrogen and oxygen atoms in total. The summed E-state index contributed by atoms with van der Waals surface area (Å²) in [5.74, 6) is 0.0243. The molecule has 0 radical (unpaired) electrons. The van der Waals surface area contributed by atoms with E-state index in [2.05, 4.69) is 6.92 Å². The van der Waals surface area contributed by atoms with Gasteiger partial charge in [0.05, 0.1) is 6.10 Å². The fraction of sp³-hybridized carbons (Fsp3) is 0.438. The van der Waals surface area contributed by atoms with Gasteiger partial charge in [-0.05, 0) is 24.1 Å². The standard InChI is InChI=1S/C16H21NO2/c1-2-3-4-6-15(18)13-8-10-14(11-9-13)17-12-5-7-16(17)19/h5,7-11,15,18H,2-4,6,12H2,1H3. The first-order valence-electron chi connectivity index (χ1n) is 6.98. The summed E-state index contributed by atoms with van der Waals surface area (Å²) in [4.78, 5) is 13.3. The van der Waals surface area contributed by atoms with Crippen LogP contribution in [0.5, 0.6) is 0 Å². The summed E-state index contributed by atoms with van der Waals surface area (Å²) in [7, 11) is 0. The number of rotatable bonds is 6. The second-order valence-corrected chi connectivity index (χ2v) is 4.95. The van der Waals surface area contributed by atoms with Gasteiger partial charge in [-0.3, -0.25) is 4.79 Å². The number of amides is 1. The van der Waals surface area contributed by atoms with Crippen LogP contribution in [0.3, 0.4) is 0 Å². The van der Waals surface area contributed by atoms with Gasteiger partial charge in [0.15, 0.2) is 0 Å². The number of anilines is 1. The van der Waals surface area contributed by atoms with Gasteiger partial charge in [-0.2, -0.15) is 0 Å². The first-order valence-corrected chi connectivity index (χ1v) is 6.98. The predicted octanol–water partition coefficient (Wildman–Crippen LogP) is 3.20. The van der Waals surface area contributed by atoms with Crippen LogP contribution in [0.1, 0.15) is 44.3 Å². The van der Waals surface area contributed by atoms with Crippen LogP contribution in [0.4, 0.5) is 5.69 Å². The van der Waals surface area contributed by atoms with E-state index in [0.717, 1.165) is 36.9 Å². The molecule has 3 heteroatoms. The van der Waals surface area contributed by atoms with E-state index in [4.69, 9.17) is 0 Å². The molecule has 0 saturated heterocycles. The van der Waals surface area contributed by atoms with Crippen molar-refractivity contribution in [3.8, 4) is 0 Å². The van der Waals surface area contributed by atoms with Crippen molar-refractivity contribution in [2.24, 2.45) is 0 Å². The molecule has 1 unspecified atom stereocenters. The molecule has 19 heavy (non-hydrogen) atoms. The van der Waals surface area contributed by atoms with Gasteiger partial charge in [0.1, 0.15) is 0 Å². The minimum absolute atomic E-state index is 0.0243. The average molecular weight is 259 g/mol. The Labute approximate surface area is 114 Å². The van der Waals surface area contributed by atoms with Crippen LogP contribution in [0.25, 0.3) is 0 Å². The number of nitrogens with zero attached hydrogens (tertiary/aromatic N) is 1. The lowest BCUT2D eigenvalue weighted by atomic mass is 10.0. The van der Waals surface area contributed by atoms with Crippen LogP contribution in [-0.4, -0.2) is 17.6 Å². The molecule has 1 aromatic rings. The molecule has 1 heterocycles. The fourth-order valence-corrected chi connectivity index (χ4v) is 2.30. The lowest BCUT2D eigenvalue weighted by Gasteiger charge is -2.17. The smallest absolute Gasteiger partial charge is 0.251 e. The van der Waals surface area contributed by atoms with Crippen molar-refractivity contribution in [1.29, 1.82) is 0 Å². The molecular formula is C16H21NO2. The Kier molecular flexibility index (Phi) is 4.74. The maximum Gasteiger partial charge on any atom is 0.251 e. The third-order valence-electron chi connectivity index (χ3n) is 3.49. The molecule has 0 aromatic heterocycles. The quantitative estimate of drug-likeness (QED) is 0.797. The monoisotopic (exact) mass is 259 g/mol. The molecule has 0 aliphatic carbocycles. The summed E-state index contributed by atoms with van der Waals surface area (Å²) in [5, 5.41) is 10.1. The van der Waals surface area contributed by atoms with Crippen LogP contribution in [0.15, 0.2) is 36.4 Å². The summed E-state index contributed by atoms with van der Waals surface area (Å²) in [6.45, 7) is 2.79. The molecule has 0 saturated carbocycles. The summed E-state index contributed by atoms with van der Waals surface area (Å²) >= 11 is 0. The third kappa shape index (κ3) is 3.44. The molecule has 0 spiro atoms. The topological polar surface area (TPSA) is 40.5 Å². The molecule has 1 aliphatic heterocycles. The summed E-state index contributed by atoms with van der Waals surface area (Å²) < 4.78 is 0. The highest BCUT2D eigenvalue weighted by Crippen LogP contribution is 2.24. The molecule has 1 atom stereocenters. The van der Waals surface area contributed by atoms with Crippen LogP contribution in [0, 0.1) is 0 Å². The SMILES string of the molecule is CCCCCC(O)c1ccc(N2CC=CC2=O)cc1. The van der Waals surface area contributed by atoms with E-state index in [9.17, 15) is 9.90 Å². The van der Waals surface area contributed by atoms with Crippen molar-refractivity contribution >= 4 is 11.6 Å². The molecule has 1 N–H and O–H groups in total. The van der Waals surface area contributed by atoms with E-state index in [1.807, 2.05) is 30.3 Å². The van der Waals surface area contributed by atoms with E-state index in [1.165, 1.54) is 0 Å². The van der Waals surface area contributed by atoms with Crippen LogP contribution < -0.4 is 4.90 Å². The maximum absolute atomic E-state index is 11.6. The Hall–Kier alpha value is -1.61. The Morgan fingerprint density at radius 2 is 2.00 bits per heavy atom. The molecule has 1 amide bonds. The zero-order valence-electron chi connectivity index (χ0n) is 11.4. The predicted molar refractivity (Wildman–Crippen MR) is 77.0 cm³/mol. The first-order chi connectivity index (χ1) is 9.22. The molecule has 2 rings (SSSR count). The van der Waals surface area contributed by atoms with Gasteiger partial charge in [-0.15, -0.1) is 0 Å². The van der Waals surface area contributed by atoms with Gasteiger partial charge < -0.3 is 10.0 Å². The van der Waals surface area contributed by atoms with Crippen molar-refractivity contribution in [1.82, 2.24) is 0 Å². The van der Waals surface area contributed by atoms with Crippen molar-refractivity contribution in [3.63, 3.8) is 0 Å². The van der Waals surface area contributed by atoms with Gasteiger partial charge in [0.25, 0.3) is 5.91 Å². The zero-order valence-corrected chi connectivity index (χ0v) is 11.4. The van der Waals surface area contributed by atoms with Crippen molar-refractivity contribution in [2.45, 2.75) is 38.7 Å². The van der Waals surface area contributed by atoms with E-state index >= 15 is 0 Å². The number of unbranched alkanes of at least 4 members (excludes halogenated alkanes) is 2. The van der Waals surface area contributed by atoms with E-state index in [0.29, 0.717) is 6.54 Å². The van der Waals surface area contributed by atoms with E-state index in [-0.39, 0.29) is 5.91 Å². The first kappa shape index (κ1) is 13.8. The number of aliphatic hydroxyl groups excluding tert-OH is 1. The Bertz CT molecular complexity index is 450. The van der Waals surface area contributed by atoms with Gasteiger partial charge in [-0.25, -0.2) is 0 Å². The Morgan fingerprint density at radius 3 is 2.58 bits per heavy atom. The minimum Gasteiger partial charge on any atom is -0.388 e. The average Bonchev–Trinajstić information content (AvgIpc) is 2.85. The second kappa shape index (κ2) is 6.53. The number of hydrogen-bond donors (Lipinski definition) is 1. The summed E-state index contributed by atoms with van der Waals surface area (Å²) in [6.07, 6.45) is 7.22. The summed E-state index contributed by atoms with van der Waals surface area (Å²) in [6, 6.07) is 7.64. The van der Waals surface area contributed by atoms with Crippen molar-refractivity contribution < 1.29 is 9.90 Å². The van der Waals surface area contributed by atoms with E-state index in [1.54, 1.807) is 11.0 Å². The highest BCUT2D eigenvalue weighted by atomic mass is 16.3. The molecule has 1 aliphatic rings. The van der Waals surface area contributed by atoms with Crippen molar-refractivity contribution in [2.75, 3.05) is 11.4 Å². The number of carbonyl (C=O) groups is 1. The van der Waals surface area contributed by atoms with Crippen molar-refractivity contribution in [3.05, 3.63) is 42.0 Å². The summed E-state index contributed by atoms with van der Waals surface area (Å²) in [5.41, 5.74) is 1.82. The van der Waals surface area contributed by atoms with Crippen LogP contribution in [-0.2, 0) is 4.79 Å². The van der Waals surface area contributed by atoms with Crippen LogP contribution in [0.2, 0.25) is 0 Å². The van der Waals surface area contributed by atoms with Gasteiger partial charge in [-0.1, -0.05) is 44.4 Å². The Morgan fingerprint density at radius 1 is 1.26 bits per heavy atom. The largest absolute Gasteiger partial charge is 0.388 e. The van der Waals surface area contributed by atoms with Gasteiger partial charge >= 0.3 is 0 Å². The molecule has 102 valence electrons. The maximum atomic E-state index is 11.6. The zero-order chi connectivity index (χ0) is 13.7. The highest BCUT2D eigenvalue weighted by molar-refractivity contribution is 6.04. The molecule has 1 aromatic carbocycles. The normalized spacial score (nSPS) is 16.1. The number of hydrogen-bond acceptors (Lipinski definition) is 2. The number of benzene rings is 1. The second-order valence-electron chi connectivity index (χ2n) is 4.95. The fourth-order valence-electron chi connectivity index (χ4n) is 2.30. The van der Waals surface area contributed by atoms with Gasteiger partial charge in [0.2, 0.25) is 0 Å². The van der Waals surface area contributed by atoms with Gasteiger partial charge in [0, 0.05) is 18.3 Å².